The zero-order valence-electron chi connectivity index (χ0n) is 22.8. The van der Waals surface area contributed by atoms with Crippen molar-refractivity contribution >= 4 is 17.5 Å². The number of aliphatic hydroxyl groups excluding tert-OH is 1. The van der Waals surface area contributed by atoms with Crippen molar-refractivity contribution in [3.63, 3.8) is 0 Å². The monoisotopic (exact) mass is 550 g/mol. The molecule has 7 nitrogen and oxygen atoms in total. The summed E-state index contributed by atoms with van der Waals surface area (Å²) in [5, 5.41) is 17.1. The number of hydrogen-bond acceptors (Lipinski definition) is 5. The molecule has 212 valence electrons. The van der Waals surface area contributed by atoms with Crippen LogP contribution in [0.2, 0.25) is 0 Å². The molecule has 2 amide bonds. The summed E-state index contributed by atoms with van der Waals surface area (Å²) in [6.07, 6.45) is -0.963. The first-order valence-corrected chi connectivity index (χ1v) is 13.4. The molecule has 3 atom stereocenters. The van der Waals surface area contributed by atoms with Gasteiger partial charge in [-0.3, -0.25) is 9.59 Å². The summed E-state index contributed by atoms with van der Waals surface area (Å²) in [5.74, 6) is -2.53. The number of aliphatic hydroxyl groups is 1. The number of amides is 2. The van der Waals surface area contributed by atoms with E-state index in [2.05, 4.69) is 10.6 Å². The average molecular weight is 551 g/mol. The summed E-state index contributed by atoms with van der Waals surface area (Å²) in [7, 11) is 3.91. The fourth-order valence-electron chi connectivity index (χ4n) is 4.92. The summed E-state index contributed by atoms with van der Waals surface area (Å²) in [4.78, 5) is 29.5. The highest BCUT2D eigenvalue weighted by Gasteiger charge is 2.36. The molecule has 1 saturated heterocycles. The number of nitrogens with one attached hydrogen (secondary N) is 2. The van der Waals surface area contributed by atoms with Crippen LogP contribution in [0.5, 0.6) is 0 Å². The molecule has 0 radical (unpaired) electrons. The van der Waals surface area contributed by atoms with E-state index in [4.69, 9.17) is 0 Å². The standard InChI is InChI=1S/C31H36F2N4O3/c1-36(2)27-10-6-9-22(13-27)17-34-18-29(38)28(14-23-11-25(32)16-26(33)12-23)35-31(40)24-15-30(39)37(20-24)19-21-7-4-3-5-8-21/h3-13,16,24,28-29,34,38H,14-15,17-20H2,1-2H3,(H,35,40)/t24-,28+,29?/m1/s1. The topological polar surface area (TPSA) is 84.9 Å². The molecule has 4 rings (SSSR count). The molecular formula is C31H36F2N4O3. The third-order valence-electron chi connectivity index (χ3n) is 7.08. The van der Waals surface area contributed by atoms with E-state index in [1.54, 1.807) is 4.90 Å². The van der Waals surface area contributed by atoms with Crippen LogP contribution in [0, 0.1) is 17.6 Å². The van der Waals surface area contributed by atoms with E-state index in [9.17, 15) is 23.5 Å². The Labute approximate surface area is 233 Å². The number of rotatable bonds is 12. The van der Waals surface area contributed by atoms with Gasteiger partial charge in [-0.25, -0.2) is 8.78 Å². The van der Waals surface area contributed by atoms with Crippen molar-refractivity contribution < 1.29 is 23.5 Å². The maximum atomic E-state index is 13.9. The van der Waals surface area contributed by atoms with Crippen LogP contribution in [0.15, 0.2) is 72.8 Å². The maximum absolute atomic E-state index is 13.9. The molecule has 1 aliphatic heterocycles. The highest BCUT2D eigenvalue weighted by molar-refractivity contribution is 5.89. The van der Waals surface area contributed by atoms with Gasteiger partial charge in [0.25, 0.3) is 0 Å². The Morgan fingerprint density at radius 2 is 1.70 bits per heavy atom. The number of likely N-dealkylation sites (tertiary alicyclic amines) is 1. The first kappa shape index (κ1) is 29.2. The Hall–Kier alpha value is -3.82. The van der Waals surface area contributed by atoms with Crippen LogP contribution in [0.25, 0.3) is 0 Å². The van der Waals surface area contributed by atoms with Crippen molar-refractivity contribution in [1.82, 2.24) is 15.5 Å². The van der Waals surface area contributed by atoms with Crippen molar-refractivity contribution in [3.8, 4) is 0 Å². The molecular weight excluding hydrogens is 514 g/mol. The van der Waals surface area contributed by atoms with E-state index in [0.717, 1.165) is 22.9 Å². The SMILES string of the molecule is CN(C)c1cccc(CNCC(O)[C@H](Cc2cc(F)cc(F)c2)NC(=O)[C@@H]2CC(=O)N(Cc3ccccc3)C2)c1. The molecule has 1 unspecified atom stereocenters. The van der Waals surface area contributed by atoms with Gasteiger partial charge in [0, 0.05) is 58.4 Å². The fourth-order valence-corrected chi connectivity index (χ4v) is 4.92. The predicted octanol–water partition coefficient (Wildman–Crippen LogP) is 3.26. The molecule has 40 heavy (non-hydrogen) atoms. The summed E-state index contributed by atoms with van der Waals surface area (Å²) >= 11 is 0. The van der Waals surface area contributed by atoms with E-state index >= 15 is 0 Å². The van der Waals surface area contributed by atoms with Crippen molar-refractivity contribution in [1.29, 1.82) is 0 Å². The molecule has 0 aliphatic carbocycles. The van der Waals surface area contributed by atoms with Gasteiger partial charge in [-0.05, 0) is 47.4 Å². The maximum Gasteiger partial charge on any atom is 0.225 e. The van der Waals surface area contributed by atoms with Gasteiger partial charge in [0.2, 0.25) is 11.8 Å². The molecule has 3 aromatic rings. The third-order valence-corrected chi connectivity index (χ3v) is 7.08. The third kappa shape index (κ3) is 8.09. The quantitative estimate of drug-likeness (QED) is 0.323. The van der Waals surface area contributed by atoms with Gasteiger partial charge < -0.3 is 25.5 Å². The number of carbonyl (C=O) groups excluding carboxylic acids is 2. The molecule has 1 heterocycles. The van der Waals surface area contributed by atoms with Crippen molar-refractivity contribution in [2.75, 3.05) is 32.1 Å². The fraction of sp³-hybridized carbons (Fsp3) is 0.355. The zero-order valence-corrected chi connectivity index (χ0v) is 22.8. The van der Waals surface area contributed by atoms with E-state index in [0.29, 0.717) is 18.7 Å². The minimum absolute atomic E-state index is 0.0216. The average Bonchev–Trinajstić information content (AvgIpc) is 3.28. The first-order chi connectivity index (χ1) is 19.2. The van der Waals surface area contributed by atoms with E-state index < -0.39 is 29.7 Å². The van der Waals surface area contributed by atoms with Crippen LogP contribution in [-0.4, -0.2) is 61.2 Å². The van der Waals surface area contributed by atoms with Gasteiger partial charge in [-0.15, -0.1) is 0 Å². The lowest BCUT2D eigenvalue weighted by atomic mass is 9.99. The largest absolute Gasteiger partial charge is 0.390 e. The highest BCUT2D eigenvalue weighted by atomic mass is 19.1. The smallest absolute Gasteiger partial charge is 0.225 e. The van der Waals surface area contributed by atoms with E-state index in [-0.39, 0.29) is 37.7 Å². The number of halogens is 2. The summed E-state index contributed by atoms with van der Waals surface area (Å²) < 4.78 is 27.8. The Bertz CT molecular complexity index is 1280. The molecule has 0 aromatic heterocycles. The lowest BCUT2D eigenvalue weighted by Gasteiger charge is -2.26. The molecule has 3 aromatic carbocycles. The predicted molar refractivity (Wildman–Crippen MR) is 150 cm³/mol. The van der Waals surface area contributed by atoms with E-state index in [1.807, 2.05) is 73.6 Å². The molecule has 1 fully saturated rings. The van der Waals surface area contributed by atoms with Crippen LogP contribution in [0.1, 0.15) is 23.1 Å². The summed E-state index contributed by atoms with van der Waals surface area (Å²) in [5.41, 5.74) is 3.36. The second kappa shape index (κ2) is 13.5. The lowest BCUT2D eigenvalue weighted by Crippen LogP contribution is -2.50. The number of nitrogens with zero attached hydrogens (tertiary/aromatic N) is 2. The minimum Gasteiger partial charge on any atom is -0.390 e. The number of benzene rings is 3. The highest BCUT2D eigenvalue weighted by Crippen LogP contribution is 2.21. The Morgan fingerprint density at radius 3 is 2.40 bits per heavy atom. The Balaban J connectivity index is 1.41. The Kier molecular flexibility index (Phi) is 9.84. The minimum atomic E-state index is -1.05. The molecule has 1 aliphatic rings. The number of hydrogen-bond donors (Lipinski definition) is 3. The van der Waals surface area contributed by atoms with Crippen molar-refractivity contribution in [3.05, 3.63) is 101 Å². The van der Waals surface area contributed by atoms with Gasteiger partial charge in [-0.2, -0.15) is 0 Å². The molecule has 3 N–H and O–H groups in total. The second-order valence-corrected chi connectivity index (χ2v) is 10.5. The number of anilines is 1. The van der Waals surface area contributed by atoms with Crippen LogP contribution in [-0.2, 0) is 29.1 Å². The van der Waals surface area contributed by atoms with Crippen LogP contribution >= 0.6 is 0 Å². The second-order valence-electron chi connectivity index (χ2n) is 10.5. The van der Waals surface area contributed by atoms with Gasteiger partial charge in [0.1, 0.15) is 11.6 Å². The number of carbonyl (C=O) groups is 2. The van der Waals surface area contributed by atoms with Gasteiger partial charge in [-0.1, -0.05) is 42.5 Å². The van der Waals surface area contributed by atoms with Crippen molar-refractivity contribution in [2.45, 2.75) is 38.1 Å². The van der Waals surface area contributed by atoms with E-state index in [1.165, 1.54) is 12.1 Å². The lowest BCUT2D eigenvalue weighted by molar-refractivity contribution is -0.129. The Morgan fingerprint density at radius 1 is 1.00 bits per heavy atom. The van der Waals surface area contributed by atoms with Crippen LogP contribution < -0.4 is 15.5 Å². The molecule has 0 saturated carbocycles. The normalized spacial score (nSPS) is 16.6. The zero-order chi connectivity index (χ0) is 28.6. The van der Waals surface area contributed by atoms with Gasteiger partial charge in [0.15, 0.2) is 0 Å². The molecule has 0 spiro atoms. The summed E-state index contributed by atoms with van der Waals surface area (Å²) in [6, 6.07) is 19.8. The van der Waals surface area contributed by atoms with Gasteiger partial charge in [0.05, 0.1) is 18.1 Å². The summed E-state index contributed by atoms with van der Waals surface area (Å²) in [6.45, 7) is 1.30. The van der Waals surface area contributed by atoms with Gasteiger partial charge >= 0.3 is 0 Å². The van der Waals surface area contributed by atoms with Crippen LogP contribution in [0.3, 0.4) is 0 Å². The van der Waals surface area contributed by atoms with Crippen LogP contribution in [0.4, 0.5) is 14.5 Å². The first-order valence-electron chi connectivity index (χ1n) is 13.4. The molecule has 9 heteroatoms. The van der Waals surface area contributed by atoms with Crippen molar-refractivity contribution in [2.24, 2.45) is 5.92 Å². The molecule has 0 bridgehead atoms.